The highest BCUT2D eigenvalue weighted by atomic mass is 32.1. The average Bonchev–Trinajstić information content (AvgIpc) is 3.01. The number of thiazole rings is 1. The molecule has 1 aliphatic heterocycles. The third kappa shape index (κ3) is 1.84. The van der Waals surface area contributed by atoms with E-state index in [0.717, 1.165) is 39.7 Å². The lowest BCUT2D eigenvalue weighted by molar-refractivity contribution is 0.297. The van der Waals surface area contributed by atoms with Crippen LogP contribution in [0.15, 0.2) is 23.8 Å². The van der Waals surface area contributed by atoms with Gasteiger partial charge in [0.25, 0.3) is 0 Å². The van der Waals surface area contributed by atoms with E-state index in [1.54, 1.807) is 23.0 Å². The van der Waals surface area contributed by atoms with Crippen LogP contribution in [-0.2, 0) is 0 Å². The molecule has 0 bridgehead atoms. The minimum absolute atomic E-state index is 0.685. The summed E-state index contributed by atoms with van der Waals surface area (Å²) >= 11 is 1.56. The van der Waals surface area contributed by atoms with Gasteiger partial charge in [-0.25, -0.2) is 4.98 Å². The number of benzene rings is 1. The van der Waals surface area contributed by atoms with Crippen LogP contribution in [0.4, 0.5) is 0 Å². The number of hydrogen-bond acceptors (Lipinski definition) is 5. The molecule has 0 fully saturated rings. The zero-order chi connectivity index (χ0) is 12.7. The summed E-state index contributed by atoms with van der Waals surface area (Å²) in [6.45, 7) is 1.37. The molecule has 0 spiro atoms. The number of H-pyrrole nitrogens is 1. The van der Waals surface area contributed by atoms with Crippen molar-refractivity contribution in [3.05, 3.63) is 23.8 Å². The first-order chi connectivity index (χ1) is 9.40. The highest BCUT2D eigenvalue weighted by molar-refractivity contribution is 7.13. The van der Waals surface area contributed by atoms with Crippen molar-refractivity contribution in [3.63, 3.8) is 0 Å². The highest BCUT2D eigenvalue weighted by Crippen LogP contribution is 2.34. The molecule has 19 heavy (non-hydrogen) atoms. The second-order valence-electron chi connectivity index (χ2n) is 4.32. The fraction of sp³-hybridized carbons (Fsp3) is 0.231. The average molecular weight is 273 g/mol. The van der Waals surface area contributed by atoms with Gasteiger partial charge >= 0.3 is 0 Å². The number of nitrogens with one attached hydrogen (secondary N) is 1. The monoisotopic (exact) mass is 273 g/mol. The fourth-order valence-corrected chi connectivity index (χ4v) is 2.68. The van der Waals surface area contributed by atoms with Crippen molar-refractivity contribution in [3.8, 4) is 22.2 Å². The SMILES string of the molecule is c1ncc(-c2nc3cc4c(cc3[nH]2)OCCCO4)s1. The van der Waals surface area contributed by atoms with Gasteiger partial charge in [-0.3, -0.25) is 4.98 Å². The topological polar surface area (TPSA) is 60.0 Å². The van der Waals surface area contributed by atoms with E-state index in [1.165, 1.54) is 0 Å². The van der Waals surface area contributed by atoms with Crippen LogP contribution >= 0.6 is 11.3 Å². The van der Waals surface area contributed by atoms with E-state index >= 15 is 0 Å². The Morgan fingerprint density at radius 2 is 2.00 bits per heavy atom. The number of fused-ring (bicyclic) bond motifs is 2. The maximum Gasteiger partial charge on any atom is 0.163 e. The molecule has 1 N–H and O–H groups in total. The molecule has 4 rings (SSSR count). The second-order valence-corrected chi connectivity index (χ2v) is 5.20. The molecule has 0 amide bonds. The summed E-state index contributed by atoms with van der Waals surface area (Å²) in [4.78, 5) is 13.0. The van der Waals surface area contributed by atoms with Gasteiger partial charge < -0.3 is 14.5 Å². The molecule has 0 atom stereocenters. The first kappa shape index (κ1) is 10.8. The summed E-state index contributed by atoms with van der Waals surface area (Å²) in [5.41, 5.74) is 3.63. The van der Waals surface area contributed by atoms with Crippen molar-refractivity contribution in [2.45, 2.75) is 6.42 Å². The zero-order valence-corrected chi connectivity index (χ0v) is 10.9. The van der Waals surface area contributed by atoms with Crippen LogP contribution in [0.2, 0.25) is 0 Å². The lowest BCUT2D eigenvalue weighted by Crippen LogP contribution is -1.97. The van der Waals surface area contributed by atoms with Crippen molar-refractivity contribution < 1.29 is 9.47 Å². The molecule has 0 aliphatic carbocycles. The molecule has 3 aromatic rings. The van der Waals surface area contributed by atoms with Crippen LogP contribution in [0.3, 0.4) is 0 Å². The summed E-state index contributed by atoms with van der Waals surface area (Å²) in [6, 6.07) is 3.88. The first-order valence-corrected chi connectivity index (χ1v) is 6.96. The van der Waals surface area contributed by atoms with Gasteiger partial charge in [-0.05, 0) is 0 Å². The predicted octanol–water partition coefficient (Wildman–Crippen LogP) is 2.85. The molecule has 0 unspecified atom stereocenters. The molecule has 1 aliphatic rings. The fourth-order valence-electron chi connectivity index (χ4n) is 2.12. The number of nitrogens with zero attached hydrogens (tertiary/aromatic N) is 2. The minimum Gasteiger partial charge on any atom is -0.489 e. The maximum atomic E-state index is 5.67. The number of hydrogen-bond donors (Lipinski definition) is 1. The number of rotatable bonds is 1. The summed E-state index contributed by atoms with van der Waals surface area (Å²) in [7, 11) is 0. The number of imidazole rings is 1. The molecule has 3 heterocycles. The maximum absolute atomic E-state index is 5.67. The zero-order valence-electron chi connectivity index (χ0n) is 10.0. The summed E-state index contributed by atoms with van der Waals surface area (Å²) in [5, 5.41) is 0. The Morgan fingerprint density at radius 3 is 2.79 bits per heavy atom. The Balaban J connectivity index is 1.86. The van der Waals surface area contributed by atoms with Crippen LogP contribution < -0.4 is 9.47 Å². The van der Waals surface area contributed by atoms with Crippen LogP contribution in [0.25, 0.3) is 21.7 Å². The number of aromatic amines is 1. The molecule has 96 valence electrons. The largest absolute Gasteiger partial charge is 0.489 e. The van der Waals surface area contributed by atoms with Gasteiger partial charge in [0, 0.05) is 24.8 Å². The van der Waals surface area contributed by atoms with E-state index in [4.69, 9.17) is 9.47 Å². The van der Waals surface area contributed by atoms with Gasteiger partial charge in [0.1, 0.15) is 5.82 Å². The highest BCUT2D eigenvalue weighted by Gasteiger charge is 2.14. The Kier molecular flexibility index (Phi) is 2.41. The van der Waals surface area contributed by atoms with E-state index in [-0.39, 0.29) is 0 Å². The normalized spacial score (nSPS) is 14.5. The van der Waals surface area contributed by atoms with E-state index in [2.05, 4.69) is 15.0 Å². The smallest absolute Gasteiger partial charge is 0.163 e. The van der Waals surface area contributed by atoms with Crippen LogP contribution in [0, 0.1) is 0 Å². The molecule has 0 radical (unpaired) electrons. The molecule has 0 saturated carbocycles. The molecular weight excluding hydrogens is 262 g/mol. The summed E-state index contributed by atoms with van der Waals surface area (Å²) in [5.74, 6) is 2.38. The number of aromatic nitrogens is 3. The molecule has 0 saturated heterocycles. The van der Waals surface area contributed by atoms with Crippen molar-refractivity contribution >= 4 is 22.4 Å². The van der Waals surface area contributed by atoms with Gasteiger partial charge in [-0.2, -0.15) is 0 Å². The van der Waals surface area contributed by atoms with Crippen LogP contribution in [0.1, 0.15) is 6.42 Å². The van der Waals surface area contributed by atoms with Crippen molar-refractivity contribution in [1.29, 1.82) is 0 Å². The van der Waals surface area contributed by atoms with Crippen LogP contribution in [-0.4, -0.2) is 28.2 Å². The number of ether oxygens (including phenoxy) is 2. The van der Waals surface area contributed by atoms with Crippen molar-refractivity contribution in [2.24, 2.45) is 0 Å². The lowest BCUT2D eigenvalue weighted by Gasteiger charge is -2.05. The Labute approximate surface area is 113 Å². The quantitative estimate of drug-likeness (QED) is 0.740. The van der Waals surface area contributed by atoms with Gasteiger partial charge in [0.05, 0.1) is 34.6 Å². The predicted molar refractivity (Wildman–Crippen MR) is 72.8 cm³/mol. The molecule has 5 nitrogen and oxygen atoms in total. The second kappa shape index (κ2) is 4.24. The minimum atomic E-state index is 0.685. The van der Waals surface area contributed by atoms with E-state index in [0.29, 0.717) is 13.2 Å². The Bertz CT molecular complexity index is 678. The van der Waals surface area contributed by atoms with Crippen molar-refractivity contribution in [1.82, 2.24) is 15.0 Å². The standard InChI is InChI=1S/C13H11N3O2S/c1-2-17-10-4-8-9(5-11(10)18-3-1)16-13(15-8)12-6-14-7-19-12/h4-7H,1-3H2,(H,15,16). The van der Waals surface area contributed by atoms with Gasteiger partial charge in [0.15, 0.2) is 11.5 Å². The lowest BCUT2D eigenvalue weighted by atomic mass is 10.3. The molecular formula is C13H11N3O2S. The summed E-state index contributed by atoms with van der Waals surface area (Å²) in [6.07, 6.45) is 2.71. The third-order valence-corrected chi connectivity index (χ3v) is 3.80. The van der Waals surface area contributed by atoms with Crippen molar-refractivity contribution in [2.75, 3.05) is 13.2 Å². The molecule has 1 aromatic carbocycles. The van der Waals surface area contributed by atoms with Gasteiger partial charge in [-0.1, -0.05) is 0 Å². The third-order valence-electron chi connectivity index (χ3n) is 3.02. The Hall–Kier alpha value is -2.08. The van der Waals surface area contributed by atoms with Crippen LogP contribution in [0.5, 0.6) is 11.5 Å². The van der Waals surface area contributed by atoms with E-state index < -0.39 is 0 Å². The summed E-state index contributed by atoms with van der Waals surface area (Å²) < 4.78 is 11.3. The van der Waals surface area contributed by atoms with E-state index in [1.807, 2.05) is 12.1 Å². The van der Waals surface area contributed by atoms with E-state index in [9.17, 15) is 0 Å². The first-order valence-electron chi connectivity index (χ1n) is 6.08. The Morgan fingerprint density at radius 1 is 1.16 bits per heavy atom. The molecule has 2 aromatic heterocycles. The molecule has 6 heteroatoms. The van der Waals surface area contributed by atoms with Gasteiger partial charge in [0.2, 0.25) is 0 Å². The van der Waals surface area contributed by atoms with Gasteiger partial charge in [-0.15, -0.1) is 11.3 Å².